The number of hydrogen-bond acceptors (Lipinski definition) is 3. The molecule has 0 fully saturated rings. The molecule has 3 N–H and O–H groups in total. The maximum atomic E-state index is 12.4. The van der Waals surface area contributed by atoms with Crippen LogP contribution in [0, 0.1) is 0 Å². The quantitative estimate of drug-likeness (QED) is 0.750. The van der Waals surface area contributed by atoms with Gasteiger partial charge in [-0.3, -0.25) is 9.59 Å². The third kappa shape index (κ3) is 3.33. The molecule has 2 aromatic carbocycles. The van der Waals surface area contributed by atoms with Gasteiger partial charge in [-0.1, -0.05) is 48.5 Å². The van der Waals surface area contributed by atoms with Crippen molar-refractivity contribution >= 4 is 11.8 Å². The molecule has 0 aliphatic rings. The number of carbonyl (C=O) groups is 2. The molecule has 2 amide bonds. The summed E-state index contributed by atoms with van der Waals surface area (Å²) in [4.78, 5) is 23.3. The molecule has 0 aliphatic carbocycles. The zero-order valence-electron chi connectivity index (χ0n) is 12.8. The van der Waals surface area contributed by atoms with Crippen LogP contribution in [0.2, 0.25) is 0 Å². The van der Waals surface area contributed by atoms with E-state index in [1.165, 1.54) is 0 Å². The van der Waals surface area contributed by atoms with E-state index in [2.05, 4.69) is 10.4 Å². The second kappa shape index (κ2) is 6.78. The van der Waals surface area contributed by atoms with Gasteiger partial charge in [0.2, 0.25) is 5.91 Å². The molecule has 0 aliphatic heterocycles. The van der Waals surface area contributed by atoms with Gasteiger partial charge >= 0.3 is 0 Å². The Balaban J connectivity index is 2.03. The summed E-state index contributed by atoms with van der Waals surface area (Å²) >= 11 is 0. The molecular formula is C18H16N4O2. The van der Waals surface area contributed by atoms with E-state index in [4.69, 9.17) is 5.73 Å². The minimum Gasteiger partial charge on any atom is -0.368 e. The number of aromatic nitrogens is 2. The number of benzene rings is 2. The Morgan fingerprint density at radius 3 is 2.25 bits per heavy atom. The Kier molecular flexibility index (Phi) is 4.38. The first-order valence-electron chi connectivity index (χ1n) is 7.42. The fourth-order valence-corrected chi connectivity index (χ4v) is 2.32. The number of hydrogen-bond donors (Lipinski definition) is 2. The van der Waals surface area contributed by atoms with Gasteiger partial charge in [-0.2, -0.15) is 5.10 Å². The van der Waals surface area contributed by atoms with Gasteiger partial charge in [-0.05, 0) is 12.1 Å². The van der Waals surface area contributed by atoms with Gasteiger partial charge in [0.25, 0.3) is 5.91 Å². The molecule has 0 saturated carbocycles. The molecular weight excluding hydrogens is 304 g/mol. The van der Waals surface area contributed by atoms with Crippen molar-refractivity contribution in [1.29, 1.82) is 0 Å². The van der Waals surface area contributed by atoms with Crippen molar-refractivity contribution in [2.24, 2.45) is 5.73 Å². The summed E-state index contributed by atoms with van der Waals surface area (Å²) in [5, 5.41) is 7.05. The lowest BCUT2D eigenvalue weighted by Crippen LogP contribution is -2.33. The minimum absolute atomic E-state index is 0.219. The van der Waals surface area contributed by atoms with Crippen LogP contribution in [-0.4, -0.2) is 28.1 Å². The number of carbonyl (C=O) groups excluding carboxylic acids is 2. The average Bonchev–Trinajstić information content (AvgIpc) is 3.06. The first kappa shape index (κ1) is 15.5. The van der Waals surface area contributed by atoms with Crippen molar-refractivity contribution < 1.29 is 9.59 Å². The topological polar surface area (TPSA) is 90.0 Å². The molecule has 0 saturated heterocycles. The van der Waals surface area contributed by atoms with Gasteiger partial charge in [0.05, 0.1) is 17.8 Å². The summed E-state index contributed by atoms with van der Waals surface area (Å²) < 4.78 is 1.64. The van der Waals surface area contributed by atoms with Crippen LogP contribution < -0.4 is 11.1 Å². The Morgan fingerprint density at radius 1 is 1.00 bits per heavy atom. The van der Waals surface area contributed by atoms with Crippen LogP contribution in [0.25, 0.3) is 16.9 Å². The van der Waals surface area contributed by atoms with E-state index in [1.54, 1.807) is 10.9 Å². The molecule has 1 aromatic heterocycles. The lowest BCUT2D eigenvalue weighted by atomic mass is 10.1. The molecule has 3 aromatic rings. The standard InChI is InChI=1S/C18H16N4O2/c19-16(23)11-20-18(24)15-12-22(14-9-5-2-6-10-14)21-17(15)13-7-3-1-4-8-13/h1-10,12H,11H2,(H2,19,23)(H,20,24). The van der Waals surface area contributed by atoms with Gasteiger partial charge in [-0.15, -0.1) is 0 Å². The maximum Gasteiger partial charge on any atom is 0.255 e. The van der Waals surface area contributed by atoms with Crippen molar-refractivity contribution in [3.05, 3.63) is 72.4 Å². The summed E-state index contributed by atoms with van der Waals surface area (Å²) in [7, 11) is 0. The molecule has 6 heteroatoms. The van der Waals surface area contributed by atoms with Gasteiger partial charge in [0.1, 0.15) is 5.69 Å². The second-order valence-corrected chi connectivity index (χ2v) is 5.19. The molecule has 0 spiro atoms. The smallest absolute Gasteiger partial charge is 0.255 e. The van der Waals surface area contributed by atoms with Crippen molar-refractivity contribution in [3.63, 3.8) is 0 Å². The van der Waals surface area contributed by atoms with Crippen molar-refractivity contribution in [2.45, 2.75) is 0 Å². The third-order valence-corrected chi connectivity index (χ3v) is 3.45. The van der Waals surface area contributed by atoms with Gasteiger partial charge in [-0.25, -0.2) is 4.68 Å². The first-order valence-corrected chi connectivity index (χ1v) is 7.42. The molecule has 0 bridgehead atoms. The molecule has 1 heterocycles. The minimum atomic E-state index is -0.597. The van der Waals surface area contributed by atoms with Crippen LogP contribution in [-0.2, 0) is 4.79 Å². The number of para-hydroxylation sites is 1. The number of amides is 2. The van der Waals surface area contributed by atoms with E-state index in [0.717, 1.165) is 11.3 Å². The molecule has 3 rings (SSSR count). The molecule has 24 heavy (non-hydrogen) atoms. The molecule has 120 valence electrons. The van der Waals surface area contributed by atoms with Gasteiger partial charge in [0, 0.05) is 11.8 Å². The van der Waals surface area contributed by atoms with E-state index in [1.807, 2.05) is 60.7 Å². The number of nitrogens with two attached hydrogens (primary N) is 1. The highest BCUT2D eigenvalue weighted by atomic mass is 16.2. The van der Waals surface area contributed by atoms with E-state index < -0.39 is 11.8 Å². The lowest BCUT2D eigenvalue weighted by molar-refractivity contribution is -0.117. The van der Waals surface area contributed by atoms with Gasteiger partial charge < -0.3 is 11.1 Å². The predicted molar refractivity (Wildman–Crippen MR) is 90.5 cm³/mol. The average molecular weight is 320 g/mol. The SMILES string of the molecule is NC(=O)CNC(=O)c1cn(-c2ccccc2)nc1-c1ccccc1. The Morgan fingerprint density at radius 2 is 1.62 bits per heavy atom. The van der Waals surface area contributed by atoms with E-state index in [0.29, 0.717) is 11.3 Å². The zero-order valence-corrected chi connectivity index (χ0v) is 12.8. The van der Waals surface area contributed by atoms with Crippen LogP contribution >= 0.6 is 0 Å². The fourth-order valence-electron chi connectivity index (χ4n) is 2.32. The molecule has 0 unspecified atom stereocenters. The zero-order chi connectivity index (χ0) is 16.9. The predicted octanol–water partition coefficient (Wildman–Crippen LogP) is 1.75. The monoisotopic (exact) mass is 320 g/mol. The largest absolute Gasteiger partial charge is 0.368 e. The summed E-state index contributed by atoms with van der Waals surface area (Å²) in [6, 6.07) is 18.9. The third-order valence-electron chi connectivity index (χ3n) is 3.45. The lowest BCUT2D eigenvalue weighted by Gasteiger charge is -2.03. The highest BCUT2D eigenvalue weighted by Crippen LogP contribution is 2.23. The fraction of sp³-hybridized carbons (Fsp3) is 0.0556. The Bertz CT molecular complexity index is 857. The summed E-state index contributed by atoms with van der Waals surface area (Å²) in [5.74, 6) is -0.991. The normalized spacial score (nSPS) is 10.3. The number of primary amides is 1. The van der Waals surface area contributed by atoms with Crippen LogP contribution in [0.4, 0.5) is 0 Å². The Labute approximate surface area is 138 Å². The summed E-state index contributed by atoms with van der Waals surface area (Å²) in [5.41, 5.74) is 7.67. The molecule has 6 nitrogen and oxygen atoms in total. The molecule has 0 radical (unpaired) electrons. The van der Waals surface area contributed by atoms with E-state index >= 15 is 0 Å². The van der Waals surface area contributed by atoms with Gasteiger partial charge in [0.15, 0.2) is 0 Å². The maximum absolute atomic E-state index is 12.4. The van der Waals surface area contributed by atoms with Crippen LogP contribution in [0.1, 0.15) is 10.4 Å². The highest BCUT2D eigenvalue weighted by molar-refractivity contribution is 6.01. The van der Waals surface area contributed by atoms with Crippen LogP contribution in [0.5, 0.6) is 0 Å². The van der Waals surface area contributed by atoms with E-state index in [9.17, 15) is 9.59 Å². The number of rotatable bonds is 5. The van der Waals surface area contributed by atoms with Crippen LogP contribution in [0.15, 0.2) is 66.9 Å². The summed E-state index contributed by atoms with van der Waals surface area (Å²) in [6.45, 7) is -0.219. The van der Waals surface area contributed by atoms with Crippen LogP contribution in [0.3, 0.4) is 0 Å². The first-order chi connectivity index (χ1) is 11.6. The Hall–Kier alpha value is -3.41. The number of nitrogens with zero attached hydrogens (tertiary/aromatic N) is 2. The van der Waals surface area contributed by atoms with Crippen molar-refractivity contribution in [1.82, 2.24) is 15.1 Å². The highest BCUT2D eigenvalue weighted by Gasteiger charge is 2.18. The second-order valence-electron chi connectivity index (χ2n) is 5.19. The van der Waals surface area contributed by atoms with Crippen molar-refractivity contribution in [2.75, 3.05) is 6.54 Å². The van der Waals surface area contributed by atoms with Crippen molar-refractivity contribution in [3.8, 4) is 16.9 Å². The number of nitrogens with one attached hydrogen (secondary N) is 1. The molecule has 0 atom stereocenters. The summed E-state index contributed by atoms with van der Waals surface area (Å²) in [6.07, 6.45) is 1.65. The van der Waals surface area contributed by atoms with E-state index in [-0.39, 0.29) is 6.54 Å².